The summed E-state index contributed by atoms with van der Waals surface area (Å²) in [7, 11) is 3.32. The lowest BCUT2D eigenvalue weighted by Gasteiger charge is -2.06. The fourth-order valence-electron chi connectivity index (χ4n) is 1.01. The summed E-state index contributed by atoms with van der Waals surface area (Å²) in [5.74, 6) is 0.709. The van der Waals surface area contributed by atoms with Gasteiger partial charge in [-0.15, -0.1) is 0 Å². The van der Waals surface area contributed by atoms with Gasteiger partial charge in [-0.3, -0.25) is 9.98 Å². The van der Waals surface area contributed by atoms with E-state index in [-0.39, 0.29) is 0 Å². The van der Waals surface area contributed by atoms with Crippen LogP contribution >= 0.6 is 11.6 Å². The van der Waals surface area contributed by atoms with E-state index in [1.165, 1.54) is 0 Å². The lowest BCUT2D eigenvalue weighted by molar-refractivity contribution is 1.27. The largest absolute Gasteiger partial charge is 0.315 e. The molecule has 0 heterocycles. The van der Waals surface area contributed by atoms with Crippen molar-refractivity contribution < 1.29 is 0 Å². The number of rotatable bonds is 1. The van der Waals surface area contributed by atoms with Gasteiger partial charge in [-0.25, -0.2) is 0 Å². The van der Waals surface area contributed by atoms with Gasteiger partial charge >= 0.3 is 0 Å². The van der Waals surface area contributed by atoms with Crippen molar-refractivity contribution in [3.05, 3.63) is 35.9 Å². The molecule has 14 heavy (non-hydrogen) atoms. The second-order valence-electron chi connectivity index (χ2n) is 2.58. The van der Waals surface area contributed by atoms with Crippen LogP contribution in [0, 0.1) is 0 Å². The fraction of sp³-hybridized carbons (Fsp3) is 0.200. The standard InChI is InChI=1S/C10H12ClN3/c1-12-9(14-10(11)13-2)8-6-4-3-5-7-8/h3-7H,1-2H3,(H,12,13,14). The zero-order valence-electron chi connectivity index (χ0n) is 8.16. The average molecular weight is 210 g/mol. The molecule has 0 amide bonds. The van der Waals surface area contributed by atoms with E-state index in [2.05, 4.69) is 15.3 Å². The SMILES string of the molecule is CN=C(Cl)NC(=NC)c1ccccc1. The topological polar surface area (TPSA) is 36.8 Å². The van der Waals surface area contributed by atoms with Gasteiger partial charge in [0.2, 0.25) is 0 Å². The first-order chi connectivity index (χ1) is 6.77. The van der Waals surface area contributed by atoms with Gasteiger partial charge in [-0.05, 0) is 11.6 Å². The molecular weight excluding hydrogens is 198 g/mol. The molecule has 1 N–H and O–H groups in total. The Morgan fingerprint density at radius 1 is 1.14 bits per heavy atom. The average Bonchev–Trinajstić information content (AvgIpc) is 2.26. The Morgan fingerprint density at radius 3 is 2.29 bits per heavy atom. The van der Waals surface area contributed by atoms with Crippen LogP contribution in [0.15, 0.2) is 40.3 Å². The van der Waals surface area contributed by atoms with E-state index in [0.717, 1.165) is 5.56 Å². The van der Waals surface area contributed by atoms with Gasteiger partial charge in [0.15, 0.2) is 5.29 Å². The normalized spacial score (nSPS) is 12.8. The molecule has 0 aliphatic carbocycles. The summed E-state index contributed by atoms with van der Waals surface area (Å²) in [5.41, 5.74) is 0.983. The Morgan fingerprint density at radius 2 is 1.79 bits per heavy atom. The zero-order valence-corrected chi connectivity index (χ0v) is 8.92. The van der Waals surface area contributed by atoms with Crippen molar-refractivity contribution in [3.8, 4) is 0 Å². The highest BCUT2D eigenvalue weighted by Gasteiger charge is 2.02. The lowest BCUT2D eigenvalue weighted by Crippen LogP contribution is -2.27. The number of nitrogens with one attached hydrogen (secondary N) is 1. The van der Waals surface area contributed by atoms with Crippen LogP contribution in [0.25, 0.3) is 0 Å². The van der Waals surface area contributed by atoms with E-state index in [9.17, 15) is 0 Å². The van der Waals surface area contributed by atoms with Gasteiger partial charge in [0, 0.05) is 19.7 Å². The van der Waals surface area contributed by atoms with Crippen LogP contribution in [0.1, 0.15) is 5.56 Å². The van der Waals surface area contributed by atoms with Crippen LogP contribution in [-0.4, -0.2) is 25.2 Å². The van der Waals surface area contributed by atoms with Crippen molar-refractivity contribution in [3.63, 3.8) is 0 Å². The summed E-state index contributed by atoms with van der Waals surface area (Å²) in [6.45, 7) is 0. The van der Waals surface area contributed by atoms with Gasteiger partial charge in [-0.2, -0.15) is 0 Å². The van der Waals surface area contributed by atoms with E-state index in [0.29, 0.717) is 11.1 Å². The monoisotopic (exact) mass is 209 g/mol. The Hall–Kier alpha value is -1.35. The van der Waals surface area contributed by atoms with Crippen LogP contribution in [0.3, 0.4) is 0 Å². The van der Waals surface area contributed by atoms with E-state index < -0.39 is 0 Å². The molecule has 0 saturated heterocycles. The van der Waals surface area contributed by atoms with Crippen LogP contribution in [0.2, 0.25) is 0 Å². The molecule has 0 atom stereocenters. The van der Waals surface area contributed by atoms with Crippen molar-refractivity contribution in [2.24, 2.45) is 9.98 Å². The molecule has 74 valence electrons. The Kier molecular flexibility index (Phi) is 4.13. The molecule has 0 bridgehead atoms. The first kappa shape index (κ1) is 10.7. The van der Waals surface area contributed by atoms with E-state index >= 15 is 0 Å². The molecule has 0 aromatic heterocycles. The fourth-order valence-corrected chi connectivity index (χ4v) is 1.10. The highest BCUT2D eigenvalue weighted by Crippen LogP contribution is 1.99. The first-order valence-electron chi connectivity index (χ1n) is 4.19. The molecule has 1 rings (SSSR count). The summed E-state index contributed by atoms with van der Waals surface area (Å²) < 4.78 is 0. The quantitative estimate of drug-likeness (QED) is 0.428. The zero-order chi connectivity index (χ0) is 10.4. The minimum Gasteiger partial charge on any atom is -0.315 e. The molecule has 1 aromatic rings. The third-order valence-corrected chi connectivity index (χ3v) is 1.95. The third-order valence-electron chi connectivity index (χ3n) is 1.69. The molecule has 0 spiro atoms. The molecule has 0 unspecified atom stereocenters. The molecule has 0 fully saturated rings. The minimum absolute atomic E-state index is 0.328. The van der Waals surface area contributed by atoms with Gasteiger partial charge in [-0.1, -0.05) is 30.3 Å². The predicted octanol–water partition coefficient (Wildman–Crippen LogP) is 1.88. The van der Waals surface area contributed by atoms with Crippen LogP contribution in [0.5, 0.6) is 0 Å². The molecule has 3 nitrogen and oxygen atoms in total. The van der Waals surface area contributed by atoms with Crippen molar-refractivity contribution in [2.45, 2.75) is 0 Å². The Bertz CT molecular complexity index is 344. The van der Waals surface area contributed by atoms with Crippen molar-refractivity contribution in [1.29, 1.82) is 0 Å². The van der Waals surface area contributed by atoms with Gasteiger partial charge in [0.25, 0.3) is 0 Å². The molecule has 0 saturated carbocycles. The number of benzene rings is 1. The predicted molar refractivity (Wildman–Crippen MR) is 61.3 cm³/mol. The van der Waals surface area contributed by atoms with Gasteiger partial charge < -0.3 is 5.32 Å². The summed E-state index contributed by atoms with van der Waals surface area (Å²) in [6.07, 6.45) is 0. The second kappa shape index (κ2) is 5.40. The van der Waals surface area contributed by atoms with E-state index in [1.807, 2.05) is 30.3 Å². The van der Waals surface area contributed by atoms with Crippen molar-refractivity contribution >= 4 is 22.7 Å². The van der Waals surface area contributed by atoms with Crippen LogP contribution in [-0.2, 0) is 0 Å². The van der Waals surface area contributed by atoms with E-state index in [4.69, 9.17) is 11.6 Å². The van der Waals surface area contributed by atoms with E-state index in [1.54, 1.807) is 14.1 Å². The van der Waals surface area contributed by atoms with Crippen LogP contribution < -0.4 is 5.32 Å². The number of aliphatic imine (C=N–C) groups is 2. The third kappa shape index (κ3) is 2.85. The minimum atomic E-state index is 0.328. The number of hydrogen-bond acceptors (Lipinski definition) is 2. The summed E-state index contributed by atoms with van der Waals surface area (Å²) in [4.78, 5) is 7.88. The molecule has 4 heteroatoms. The molecule has 0 aliphatic rings. The second-order valence-corrected chi connectivity index (χ2v) is 2.94. The van der Waals surface area contributed by atoms with Crippen molar-refractivity contribution in [2.75, 3.05) is 14.1 Å². The molecule has 1 aromatic carbocycles. The maximum Gasteiger partial charge on any atom is 0.196 e. The lowest BCUT2D eigenvalue weighted by atomic mass is 10.2. The number of halogens is 1. The summed E-state index contributed by atoms with van der Waals surface area (Å²) in [6, 6.07) is 9.75. The maximum atomic E-state index is 5.75. The number of nitrogens with zero attached hydrogens (tertiary/aromatic N) is 2. The smallest absolute Gasteiger partial charge is 0.196 e. The molecule has 0 aliphatic heterocycles. The summed E-state index contributed by atoms with van der Waals surface area (Å²) >= 11 is 5.75. The highest BCUT2D eigenvalue weighted by atomic mass is 35.5. The Labute approximate surface area is 88.5 Å². The Balaban J connectivity index is 2.85. The van der Waals surface area contributed by atoms with Gasteiger partial charge in [0.1, 0.15) is 5.84 Å². The number of amidine groups is 2. The highest BCUT2D eigenvalue weighted by molar-refractivity contribution is 6.66. The van der Waals surface area contributed by atoms with Crippen molar-refractivity contribution in [1.82, 2.24) is 5.32 Å². The number of hydrogen-bond donors (Lipinski definition) is 1. The van der Waals surface area contributed by atoms with Crippen LogP contribution in [0.4, 0.5) is 0 Å². The molecular formula is C10H12ClN3. The summed E-state index contributed by atoms with van der Waals surface area (Å²) in [5, 5.41) is 3.23. The molecule has 0 radical (unpaired) electrons. The first-order valence-corrected chi connectivity index (χ1v) is 4.57. The van der Waals surface area contributed by atoms with Gasteiger partial charge in [0.05, 0.1) is 0 Å². The maximum absolute atomic E-state index is 5.75.